The fourth-order valence-corrected chi connectivity index (χ4v) is 15.9. The first-order valence-electron chi connectivity index (χ1n) is 7.75. The first-order chi connectivity index (χ1) is 10.3. The molecule has 0 aliphatic carbocycles. The molecule has 0 saturated carbocycles. The number of hydrogen-bond acceptors (Lipinski definition) is 1. The van der Waals surface area contributed by atoms with E-state index in [-0.39, 0.29) is 0 Å². The van der Waals surface area contributed by atoms with Gasteiger partial charge in [0.25, 0.3) is 8.32 Å². The van der Waals surface area contributed by atoms with Gasteiger partial charge < -0.3 is 4.43 Å². The van der Waals surface area contributed by atoms with Crippen molar-refractivity contribution in [3.8, 4) is 5.75 Å². The molecule has 2 rings (SSSR count). The minimum Gasteiger partial charge on any atom is -0.541 e. The summed E-state index contributed by atoms with van der Waals surface area (Å²) in [6.45, 7) is 11.4. The fraction of sp³-hybridized carbons (Fsp3) is 0.444. The molecule has 22 heavy (non-hydrogen) atoms. The van der Waals surface area contributed by atoms with Crippen molar-refractivity contribution >= 4 is 64.3 Å². The predicted octanol–water partition coefficient (Wildman–Crippen LogP) is 7.03. The van der Waals surface area contributed by atoms with Crippen LogP contribution in [-0.4, -0.2) is 9.87 Å². The van der Waals surface area contributed by atoms with E-state index in [1.807, 2.05) is 0 Å². The molecule has 0 heterocycles. The number of aryl methyl sites for hydroxylation is 1. The molecule has 0 aliphatic rings. The van der Waals surface area contributed by atoms with Gasteiger partial charge in [-0.3, -0.25) is 0 Å². The second-order valence-electron chi connectivity index (χ2n) is 6.58. The largest absolute Gasteiger partial charge is 0.541 e. The van der Waals surface area contributed by atoms with Crippen molar-refractivity contribution in [2.45, 2.75) is 47.3 Å². The van der Waals surface area contributed by atoms with E-state index in [1.54, 1.807) is 0 Å². The van der Waals surface area contributed by atoms with Crippen molar-refractivity contribution < 1.29 is 4.43 Å². The molecule has 2 aromatic rings. The normalized spacial score (nSPS) is 12.6. The average molecular weight is 538 g/mol. The molecule has 2 aromatic carbocycles. The van der Waals surface area contributed by atoms with Gasteiger partial charge in [-0.25, -0.2) is 0 Å². The number of alkyl halides is 2. The molecule has 0 spiro atoms. The summed E-state index contributed by atoms with van der Waals surface area (Å²) in [4.78, 5) is 0. The Balaban J connectivity index is 2.44. The minimum absolute atomic E-state index is 0.538. The van der Waals surface area contributed by atoms with Crippen LogP contribution in [0.15, 0.2) is 36.4 Å². The third-order valence-corrected chi connectivity index (χ3v) is 15.1. The Labute approximate surface area is 162 Å². The summed E-state index contributed by atoms with van der Waals surface area (Å²) in [7, 11) is -1.89. The molecule has 0 atom stereocenters. The summed E-state index contributed by atoms with van der Waals surface area (Å²) >= 11 is 5.12. The van der Waals surface area contributed by atoms with Crippen LogP contribution in [0.2, 0.25) is 11.1 Å². The molecule has 0 amide bonds. The summed E-state index contributed by atoms with van der Waals surface area (Å²) in [6, 6.07) is 13.1. The zero-order valence-electron chi connectivity index (χ0n) is 13.9. The Morgan fingerprint density at radius 2 is 1.41 bits per heavy atom. The van der Waals surface area contributed by atoms with Crippen molar-refractivity contribution in [3.05, 3.63) is 42.0 Å². The molecule has 4 heteroatoms. The number of rotatable bonds is 5. The van der Waals surface area contributed by atoms with Crippen molar-refractivity contribution in [2.75, 3.05) is 0 Å². The monoisotopic (exact) mass is 538 g/mol. The molecule has 0 unspecified atom stereocenters. The first kappa shape index (κ1) is 18.5. The maximum atomic E-state index is 6.75. The molecule has 0 aromatic heterocycles. The van der Waals surface area contributed by atoms with Gasteiger partial charge >= 0.3 is 0 Å². The molecule has 0 aliphatic heterocycles. The molecular weight excluding hydrogens is 514 g/mol. The third kappa shape index (κ3) is 3.64. The number of fused-ring (bicyclic) bond motifs is 1. The SMILES string of the molecule is Cc1ccc2cc(O[Si](C(C)C)(C(C)C)C(I)I)ccc2c1. The van der Waals surface area contributed by atoms with Gasteiger partial charge in [-0.15, -0.1) is 0 Å². The van der Waals surface area contributed by atoms with E-state index in [4.69, 9.17) is 4.43 Å². The van der Waals surface area contributed by atoms with Gasteiger partial charge in [0.2, 0.25) is 0 Å². The van der Waals surface area contributed by atoms with Crippen LogP contribution < -0.4 is 4.43 Å². The van der Waals surface area contributed by atoms with Crippen LogP contribution in [0.3, 0.4) is 0 Å². The lowest BCUT2D eigenvalue weighted by molar-refractivity contribution is 0.506. The third-order valence-electron chi connectivity index (χ3n) is 4.41. The van der Waals surface area contributed by atoms with E-state index in [0.29, 0.717) is 12.6 Å². The van der Waals surface area contributed by atoms with Crippen LogP contribution in [0, 0.1) is 6.92 Å². The van der Waals surface area contributed by atoms with Gasteiger partial charge in [0, 0.05) is 0 Å². The Bertz CT molecular complexity index is 631. The van der Waals surface area contributed by atoms with Crippen molar-refractivity contribution in [3.63, 3.8) is 0 Å². The van der Waals surface area contributed by atoms with Crippen LogP contribution in [0.25, 0.3) is 10.8 Å². The van der Waals surface area contributed by atoms with Crippen LogP contribution in [0.5, 0.6) is 5.75 Å². The highest BCUT2D eigenvalue weighted by Gasteiger charge is 2.49. The smallest absolute Gasteiger partial charge is 0.278 e. The van der Waals surface area contributed by atoms with Crippen molar-refractivity contribution in [1.82, 2.24) is 0 Å². The Morgan fingerprint density at radius 1 is 0.864 bits per heavy atom. The van der Waals surface area contributed by atoms with E-state index in [9.17, 15) is 0 Å². The number of halogens is 2. The van der Waals surface area contributed by atoms with E-state index in [2.05, 4.69) is 116 Å². The molecule has 0 N–H and O–H groups in total. The quantitative estimate of drug-likeness (QED) is 0.226. The van der Waals surface area contributed by atoms with Gasteiger partial charge in [-0.05, 0) is 40.9 Å². The van der Waals surface area contributed by atoms with E-state index in [1.165, 1.54) is 16.3 Å². The molecule has 0 bridgehead atoms. The predicted molar refractivity (Wildman–Crippen MR) is 117 cm³/mol. The zero-order chi connectivity index (χ0) is 16.5. The first-order valence-corrected chi connectivity index (χ1v) is 12.4. The Morgan fingerprint density at radius 3 is 1.95 bits per heavy atom. The van der Waals surface area contributed by atoms with Gasteiger partial charge in [0.1, 0.15) is 5.75 Å². The lowest BCUT2D eigenvalue weighted by atomic mass is 10.1. The standard InChI is InChI=1S/C18H24I2OSi/c1-12(2)22(13(3)4,18(19)20)21-17-9-8-15-10-14(5)6-7-16(15)11-17/h6-13,18H,1-5H3. The average Bonchev–Trinajstić information content (AvgIpc) is 2.43. The van der Waals surface area contributed by atoms with Crippen LogP contribution in [0.4, 0.5) is 0 Å². The lowest BCUT2D eigenvalue weighted by Crippen LogP contribution is -2.53. The lowest BCUT2D eigenvalue weighted by Gasteiger charge is -2.40. The van der Waals surface area contributed by atoms with Crippen LogP contribution in [-0.2, 0) is 0 Å². The van der Waals surface area contributed by atoms with Crippen LogP contribution >= 0.6 is 45.2 Å². The second-order valence-corrected chi connectivity index (χ2v) is 18.6. The topological polar surface area (TPSA) is 9.23 Å². The summed E-state index contributed by atoms with van der Waals surface area (Å²) < 4.78 is 7.29. The molecule has 0 radical (unpaired) electrons. The second kappa shape index (κ2) is 7.38. The number of hydrogen-bond donors (Lipinski definition) is 0. The van der Waals surface area contributed by atoms with Crippen molar-refractivity contribution in [2.24, 2.45) is 0 Å². The Hall–Kier alpha value is 0.177. The van der Waals surface area contributed by atoms with E-state index >= 15 is 0 Å². The summed E-state index contributed by atoms with van der Waals surface area (Å²) in [5.74, 6) is 1.03. The minimum atomic E-state index is -1.89. The van der Waals surface area contributed by atoms with Gasteiger partial charge in [-0.2, -0.15) is 0 Å². The highest BCUT2D eigenvalue weighted by atomic mass is 127. The molecule has 1 nitrogen and oxygen atoms in total. The molecular formula is C18H24I2OSi. The van der Waals surface area contributed by atoms with E-state index in [0.717, 1.165) is 5.75 Å². The Kier molecular flexibility index (Phi) is 6.21. The zero-order valence-corrected chi connectivity index (χ0v) is 19.2. The molecule has 0 fully saturated rings. The fourth-order valence-electron chi connectivity index (χ4n) is 3.06. The number of benzene rings is 2. The summed E-state index contributed by atoms with van der Waals surface area (Å²) in [6.07, 6.45) is 0. The van der Waals surface area contributed by atoms with Gasteiger partial charge in [0.05, 0.1) is 1.55 Å². The summed E-state index contributed by atoms with van der Waals surface area (Å²) in [5.41, 5.74) is 2.47. The summed E-state index contributed by atoms with van der Waals surface area (Å²) in [5, 5.41) is 2.55. The van der Waals surface area contributed by atoms with Gasteiger partial charge in [-0.1, -0.05) is 103 Å². The molecule has 0 saturated heterocycles. The van der Waals surface area contributed by atoms with E-state index < -0.39 is 8.32 Å². The molecule has 120 valence electrons. The van der Waals surface area contributed by atoms with Crippen LogP contribution in [0.1, 0.15) is 33.3 Å². The van der Waals surface area contributed by atoms with Crippen molar-refractivity contribution in [1.29, 1.82) is 0 Å². The highest BCUT2D eigenvalue weighted by molar-refractivity contribution is 14.2. The maximum absolute atomic E-state index is 6.75. The van der Waals surface area contributed by atoms with Gasteiger partial charge in [0.15, 0.2) is 0 Å². The highest BCUT2D eigenvalue weighted by Crippen LogP contribution is 2.43. The maximum Gasteiger partial charge on any atom is 0.278 e.